The standard InChI is InChI=1S/C52H35NO/c1-3-13-36(14-4-1)38-25-29-44(30-26-38)53(50-21-11-9-19-46(50)40-16-5-2-6-17-40)45-31-27-39(28-32-45)43-34-48(42-24-23-37-15-7-8-18-41(37)33-42)52-49(35-43)47-20-10-12-22-51(47)54-52/h1-35H. The Morgan fingerprint density at radius 2 is 0.870 bits per heavy atom. The highest BCUT2D eigenvalue weighted by Gasteiger charge is 2.19. The van der Waals surface area contributed by atoms with Crippen molar-refractivity contribution in [3.05, 3.63) is 212 Å². The van der Waals surface area contributed by atoms with E-state index in [9.17, 15) is 0 Å². The van der Waals surface area contributed by atoms with Gasteiger partial charge in [0.15, 0.2) is 0 Å². The van der Waals surface area contributed by atoms with Crippen LogP contribution in [0.4, 0.5) is 17.1 Å². The van der Waals surface area contributed by atoms with E-state index in [-0.39, 0.29) is 0 Å². The summed E-state index contributed by atoms with van der Waals surface area (Å²) in [6, 6.07) is 75.9. The van der Waals surface area contributed by atoms with Crippen LogP contribution < -0.4 is 4.90 Å². The second-order valence-electron chi connectivity index (χ2n) is 13.7. The lowest BCUT2D eigenvalue weighted by Gasteiger charge is -2.28. The quantitative estimate of drug-likeness (QED) is 0.166. The van der Waals surface area contributed by atoms with Crippen LogP contribution in [0.15, 0.2) is 217 Å². The zero-order valence-electron chi connectivity index (χ0n) is 29.6. The lowest BCUT2D eigenvalue weighted by atomic mass is 9.94. The summed E-state index contributed by atoms with van der Waals surface area (Å²) in [5.74, 6) is 0. The molecule has 0 spiro atoms. The zero-order chi connectivity index (χ0) is 35.8. The third kappa shape index (κ3) is 5.71. The largest absolute Gasteiger partial charge is 0.455 e. The lowest BCUT2D eigenvalue weighted by molar-refractivity contribution is 0.670. The van der Waals surface area contributed by atoms with Crippen LogP contribution in [0.1, 0.15) is 0 Å². The Morgan fingerprint density at radius 3 is 1.61 bits per heavy atom. The van der Waals surface area contributed by atoms with Gasteiger partial charge in [0.1, 0.15) is 11.2 Å². The monoisotopic (exact) mass is 689 g/mol. The predicted octanol–water partition coefficient (Wildman–Crippen LogP) is 14.9. The number of furan rings is 1. The minimum Gasteiger partial charge on any atom is -0.455 e. The van der Waals surface area contributed by atoms with Crippen molar-refractivity contribution in [2.75, 3.05) is 4.90 Å². The molecule has 254 valence electrons. The third-order valence-corrected chi connectivity index (χ3v) is 10.5. The molecule has 0 amide bonds. The Morgan fingerprint density at radius 1 is 0.315 bits per heavy atom. The highest BCUT2D eigenvalue weighted by Crippen LogP contribution is 2.43. The molecule has 0 aliphatic rings. The third-order valence-electron chi connectivity index (χ3n) is 10.5. The number of para-hydroxylation sites is 2. The molecular weight excluding hydrogens is 655 g/mol. The molecule has 0 atom stereocenters. The molecule has 10 aromatic rings. The molecule has 54 heavy (non-hydrogen) atoms. The van der Waals surface area contributed by atoms with Gasteiger partial charge in [0, 0.05) is 33.3 Å². The van der Waals surface area contributed by atoms with E-state index in [1.807, 2.05) is 6.07 Å². The molecule has 1 heterocycles. The number of hydrogen-bond acceptors (Lipinski definition) is 2. The SMILES string of the molecule is c1ccc(-c2ccc(N(c3ccc(-c4cc(-c5ccc6ccccc6c5)c5oc6ccccc6c5c4)cc3)c3ccccc3-c3ccccc3)cc2)cc1. The van der Waals surface area contributed by atoms with Gasteiger partial charge >= 0.3 is 0 Å². The van der Waals surface area contributed by atoms with E-state index < -0.39 is 0 Å². The first-order chi connectivity index (χ1) is 26.8. The summed E-state index contributed by atoms with van der Waals surface area (Å²) in [5, 5.41) is 4.67. The highest BCUT2D eigenvalue weighted by atomic mass is 16.3. The molecule has 0 radical (unpaired) electrons. The first-order valence-electron chi connectivity index (χ1n) is 18.4. The Labute approximate surface area is 314 Å². The smallest absolute Gasteiger partial charge is 0.143 e. The van der Waals surface area contributed by atoms with Crippen LogP contribution in [-0.2, 0) is 0 Å². The van der Waals surface area contributed by atoms with Crippen molar-refractivity contribution < 1.29 is 4.42 Å². The molecule has 0 aliphatic heterocycles. The molecule has 2 nitrogen and oxygen atoms in total. The molecule has 0 unspecified atom stereocenters. The Bertz CT molecular complexity index is 2910. The van der Waals surface area contributed by atoms with Crippen molar-refractivity contribution in [2.45, 2.75) is 0 Å². The molecule has 1 aromatic heterocycles. The predicted molar refractivity (Wildman–Crippen MR) is 228 cm³/mol. The van der Waals surface area contributed by atoms with Gasteiger partial charge in [-0.3, -0.25) is 0 Å². The topological polar surface area (TPSA) is 16.4 Å². The van der Waals surface area contributed by atoms with Crippen molar-refractivity contribution in [3.63, 3.8) is 0 Å². The second-order valence-corrected chi connectivity index (χ2v) is 13.7. The average molecular weight is 690 g/mol. The van der Waals surface area contributed by atoms with Crippen molar-refractivity contribution in [3.8, 4) is 44.5 Å². The van der Waals surface area contributed by atoms with Crippen molar-refractivity contribution >= 4 is 49.8 Å². The molecular formula is C52H35NO. The first kappa shape index (κ1) is 31.6. The normalized spacial score (nSPS) is 11.3. The minimum absolute atomic E-state index is 0.896. The summed E-state index contributed by atoms with van der Waals surface area (Å²) in [6.07, 6.45) is 0. The number of benzene rings is 9. The molecule has 0 N–H and O–H groups in total. The van der Waals surface area contributed by atoms with Crippen LogP contribution in [0.25, 0.3) is 77.2 Å². The number of nitrogens with zero attached hydrogens (tertiary/aromatic N) is 1. The molecule has 0 saturated carbocycles. The van der Waals surface area contributed by atoms with Gasteiger partial charge in [-0.1, -0.05) is 158 Å². The zero-order valence-corrected chi connectivity index (χ0v) is 29.6. The van der Waals surface area contributed by atoms with Gasteiger partial charge in [-0.15, -0.1) is 0 Å². The summed E-state index contributed by atoms with van der Waals surface area (Å²) >= 11 is 0. The molecule has 10 rings (SSSR count). The van der Waals surface area contributed by atoms with Crippen LogP contribution in [0.5, 0.6) is 0 Å². The van der Waals surface area contributed by atoms with Gasteiger partial charge in [-0.25, -0.2) is 0 Å². The Kier molecular flexibility index (Phi) is 7.85. The van der Waals surface area contributed by atoms with Crippen molar-refractivity contribution in [1.29, 1.82) is 0 Å². The number of rotatable bonds is 7. The molecule has 0 fully saturated rings. The van der Waals surface area contributed by atoms with Gasteiger partial charge < -0.3 is 9.32 Å². The van der Waals surface area contributed by atoms with E-state index in [0.717, 1.165) is 61.3 Å². The molecule has 0 bridgehead atoms. The minimum atomic E-state index is 0.896. The van der Waals surface area contributed by atoms with E-state index in [4.69, 9.17) is 4.42 Å². The molecule has 2 heteroatoms. The Balaban J connectivity index is 1.11. The number of fused-ring (bicyclic) bond motifs is 4. The van der Waals surface area contributed by atoms with Gasteiger partial charge in [0.2, 0.25) is 0 Å². The van der Waals surface area contributed by atoms with Crippen LogP contribution in [0.2, 0.25) is 0 Å². The molecule has 0 saturated heterocycles. The van der Waals surface area contributed by atoms with Crippen molar-refractivity contribution in [2.24, 2.45) is 0 Å². The number of anilines is 3. The Hall–Kier alpha value is -7.16. The van der Waals surface area contributed by atoms with Crippen LogP contribution in [-0.4, -0.2) is 0 Å². The summed E-state index contributed by atoms with van der Waals surface area (Å²) in [5.41, 5.74) is 14.4. The van der Waals surface area contributed by atoms with Crippen molar-refractivity contribution in [1.82, 2.24) is 0 Å². The first-order valence-corrected chi connectivity index (χ1v) is 18.4. The fourth-order valence-corrected chi connectivity index (χ4v) is 7.76. The lowest BCUT2D eigenvalue weighted by Crippen LogP contribution is -2.11. The van der Waals surface area contributed by atoms with E-state index in [0.29, 0.717) is 0 Å². The van der Waals surface area contributed by atoms with Gasteiger partial charge in [-0.2, -0.15) is 0 Å². The maximum atomic E-state index is 6.57. The van der Waals surface area contributed by atoms with Crippen LogP contribution >= 0.6 is 0 Å². The summed E-state index contributed by atoms with van der Waals surface area (Å²) in [6.45, 7) is 0. The number of hydrogen-bond donors (Lipinski definition) is 0. The van der Waals surface area contributed by atoms with Gasteiger partial charge in [-0.05, 0) is 98.8 Å². The van der Waals surface area contributed by atoms with Gasteiger partial charge in [0.25, 0.3) is 0 Å². The second kappa shape index (κ2) is 13.4. The molecule has 9 aromatic carbocycles. The molecule has 0 aliphatic carbocycles. The summed E-state index contributed by atoms with van der Waals surface area (Å²) in [7, 11) is 0. The highest BCUT2D eigenvalue weighted by molar-refractivity contribution is 6.12. The maximum Gasteiger partial charge on any atom is 0.143 e. The van der Waals surface area contributed by atoms with E-state index in [1.54, 1.807) is 0 Å². The summed E-state index contributed by atoms with van der Waals surface area (Å²) < 4.78 is 6.57. The van der Waals surface area contributed by atoms with Crippen LogP contribution in [0, 0.1) is 0 Å². The average Bonchev–Trinajstić information content (AvgIpc) is 3.63. The fourth-order valence-electron chi connectivity index (χ4n) is 7.76. The van der Waals surface area contributed by atoms with E-state index >= 15 is 0 Å². The van der Waals surface area contributed by atoms with Gasteiger partial charge in [0.05, 0.1) is 5.69 Å². The van der Waals surface area contributed by atoms with E-state index in [1.165, 1.54) is 33.0 Å². The fraction of sp³-hybridized carbons (Fsp3) is 0. The maximum absolute atomic E-state index is 6.57. The van der Waals surface area contributed by atoms with E-state index in [2.05, 4.69) is 211 Å². The summed E-state index contributed by atoms with van der Waals surface area (Å²) in [4.78, 5) is 2.37. The van der Waals surface area contributed by atoms with Crippen LogP contribution in [0.3, 0.4) is 0 Å².